The number of thiophene rings is 1. The number of amides is 1. The van der Waals surface area contributed by atoms with Crippen LogP contribution in [0.1, 0.15) is 39.2 Å². The molecule has 8 heteroatoms. The Hall–Kier alpha value is -3.15. The fraction of sp³-hybridized carbons (Fsp3) is 0.217. The second kappa shape index (κ2) is 8.53. The molecule has 0 fully saturated rings. The Morgan fingerprint density at radius 2 is 1.84 bits per heavy atom. The van der Waals surface area contributed by atoms with Gasteiger partial charge < -0.3 is 5.32 Å². The molecule has 0 aliphatic heterocycles. The van der Waals surface area contributed by atoms with Crippen molar-refractivity contribution in [2.45, 2.75) is 30.6 Å². The topological polar surface area (TPSA) is 90.3 Å². The summed E-state index contributed by atoms with van der Waals surface area (Å²) in [5.41, 5.74) is 2.31. The number of carbonyl (C=O) groups excluding carboxylic acids is 1. The van der Waals surface area contributed by atoms with E-state index in [4.69, 9.17) is 0 Å². The number of aryl methyl sites for hydroxylation is 1. The first-order chi connectivity index (χ1) is 14.9. The summed E-state index contributed by atoms with van der Waals surface area (Å²) in [7, 11) is -2.35. The van der Waals surface area contributed by atoms with Crippen LogP contribution in [0.5, 0.6) is 0 Å². The second-order valence-corrected chi connectivity index (χ2v) is 10.4. The van der Waals surface area contributed by atoms with Crippen LogP contribution < -0.4 is 9.62 Å². The van der Waals surface area contributed by atoms with Gasteiger partial charge >= 0.3 is 0 Å². The lowest BCUT2D eigenvalue weighted by Gasteiger charge is -2.19. The van der Waals surface area contributed by atoms with Crippen molar-refractivity contribution in [2.24, 2.45) is 0 Å². The lowest BCUT2D eigenvalue weighted by Crippen LogP contribution is -2.26. The van der Waals surface area contributed by atoms with Gasteiger partial charge in [0.25, 0.3) is 15.9 Å². The van der Waals surface area contributed by atoms with Crippen molar-refractivity contribution in [3.8, 4) is 6.07 Å². The molecule has 1 amide bonds. The molecule has 1 aliphatic carbocycles. The maximum atomic E-state index is 13.1. The molecule has 31 heavy (non-hydrogen) atoms. The molecule has 0 saturated heterocycles. The molecule has 0 saturated carbocycles. The highest BCUT2D eigenvalue weighted by molar-refractivity contribution is 7.92. The minimum atomic E-state index is -3.83. The zero-order valence-electron chi connectivity index (χ0n) is 17.0. The van der Waals surface area contributed by atoms with E-state index in [1.165, 1.54) is 34.8 Å². The standard InChI is InChI=1S/C23H21N3O3S2/c1-26(17-9-3-2-4-10-17)31(28,29)18-11-7-8-16(14-18)22(27)25-23-20(15-24)19-12-5-6-13-21(19)30-23/h2-4,7-11,14H,5-6,12-13H2,1H3,(H,25,27). The number of benzene rings is 2. The minimum Gasteiger partial charge on any atom is -0.312 e. The lowest BCUT2D eigenvalue weighted by molar-refractivity contribution is 0.102. The molecule has 1 N–H and O–H groups in total. The number of anilines is 2. The van der Waals surface area contributed by atoms with E-state index < -0.39 is 15.9 Å². The lowest BCUT2D eigenvalue weighted by atomic mass is 9.96. The zero-order valence-corrected chi connectivity index (χ0v) is 18.6. The van der Waals surface area contributed by atoms with Gasteiger partial charge in [-0.25, -0.2) is 8.42 Å². The smallest absolute Gasteiger partial charge is 0.264 e. The third-order valence-corrected chi connectivity index (χ3v) is 8.37. The minimum absolute atomic E-state index is 0.0254. The van der Waals surface area contributed by atoms with Gasteiger partial charge in [-0.2, -0.15) is 5.26 Å². The largest absolute Gasteiger partial charge is 0.312 e. The average Bonchev–Trinajstić information content (AvgIpc) is 3.16. The van der Waals surface area contributed by atoms with E-state index in [-0.39, 0.29) is 10.5 Å². The molecule has 0 spiro atoms. The highest BCUT2D eigenvalue weighted by atomic mass is 32.2. The van der Waals surface area contributed by atoms with Gasteiger partial charge in [0.1, 0.15) is 11.1 Å². The molecule has 1 aromatic heterocycles. The number of hydrogen-bond donors (Lipinski definition) is 1. The molecule has 0 unspecified atom stereocenters. The predicted octanol–water partition coefficient (Wildman–Crippen LogP) is 4.58. The first-order valence-electron chi connectivity index (χ1n) is 9.92. The number of nitrogens with one attached hydrogen (secondary N) is 1. The quantitative estimate of drug-likeness (QED) is 0.615. The van der Waals surface area contributed by atoms with Crippen molar-refractivity contribution in [3.63, 3.8) is 0 Å². The molecule has 6 nitrogen and oxygen atoms in total. The number of carbonyl (C=O) groups is 1. The van der Waals surface area contributed by atoms with E-state index in [1.807, 2.05) is 6.07 Å². The Kier molecular flexibility index (Phi) is 5.81. The third-order valence-electron chi connectivity index (χ3n) is 5.38. The molecular formula is C23H21N3O3S2. The fourth-order valence-electron chi connectivity index (χ4n) is 3.68. The summed E-state index contributed by atoms with van der Waals surface area (Å²) in [6.45, 7) is 0. The van der Waals surface area contributed by atoms with Crippen molar-refractivity contribution < 1.29 is 13.2 Å². The van der Waals surface area contributed by atoms with Crippen LogP contribution in [-0.4, -0.2) is 21.4 Å². The number of sulfonamides is 1. The Morgan fingerprint density at radius 3 is 2.58 bits per heavy atom. The molecule has 0 atom stereocenters. The van der Waals surface area contributed by atoms with Crippen LogP contribution in [0.25, 0.3) is 0 Å². The molecule has 1 heterocycles. The Labute approximate surface area is 185 Å². The van der Waals surface area contributed by atoms with Gasteiger partial charge in [-0.1, -0.05) is 24.3 Å². The summed E-state index contributed by atoms with van der Waals surface area (Å²) in [5, 5.41) is 12.9. The van der Waals surface area contributed by atoms with Crippen LogP contribution in [-0.2, 0) is 22.9 Å². The molecule has 2 aromatic carbocycles. The van der Waals surface area contributed by atoms with Crippen LogP contribution in [0.15, 0.2) is 59.5 Å². The number of rotatable bonds is 5. The number of fused-ring (bicyclic) bond motifs is 1. The molecule has 158 valence electrons. The molecule has 3 aromatic rings. The summed E-state index contributed by atoms with van der Waals surface area (Å²) < 4.78 is 27.3. The number of nitrogens with zero attached hydrogens (tertiary/aromatic N) is 2. The van der Waals surface area contributed by atoms with Crippen molar-refractivity contribution in [1.82, 2.24) is 0 Å². The van der Waals surface area contributed by atoms with Crippen molar-refractivity contribution in [3.05, 3.63) is 76.2 Å². The maximum absolute atomic E-state index is 13.1. The molecule has 0 radical (unpaired) electrons. The van der Waals surface area contributed by atoms with E-state index in [9.17, 15) is 18.5 Å². The third kappa shape index (κ3) is 4.07. The van der Waals surface area contributed by atoms with E-state index in [0.29, 0.717) is 16.3 Å². The van der Waals surface area contributed by atoms with Crippen LogP contribution in [0.3, 0.4) is 0 Å². The molecule has 1 aliphatic rings. The summed E-state index contributed by atoms with van der Waals surface area (Å²) in [6, 6.07) is 16.9. The van der Waals surface area contributed by atoms with Crippen molar-refractivity contribution in [2.75, 3.05) is 16.7 Å². The number of para-hydroxylation sites is 1. The number of nitriles is 1. The van der Waals surface area contributed by atoms with E-state index in [1.54, 1.807) is 36.4 Å². The van der Waals surface area contributed by atoms with Gasteiger partial charge in [0.15, 0.2) is 0 Å². The highest BCUT2D eigenvalue weighted by Gasteiger charge is 2.24. The van der Waals surface area contributed by atoms with Crippen molar-refractivity contribution >= 4 is 38.0 Å². The van der Waals surface area contributed by atoms with Crippen molar-refractivity contribution in [1.29, 1.82) is 5.26 Å². The average molecular weight is 452 g/mol. The monoisotopic (exact) mass is 451 g/mol. The van der Waals surface area contributed by atoms with Gasteiger partial charge in [-0.05, 0) is 61.6 Å². The van der Waals surface area contributed by atoms with Gasteiger partial charge in [0.2, 0.25) is 0 Å². The van der Waals surface area contributed by atoms with Gasteiger partial charge in [0.05, 0.1) is 16.1 Å². The number of hydrogen-bond acceptors (Lipinski definition) is 5. The molecule has 0 bridgehead atoms. The normalized spacial score (nSPS) is 13.2. The summed E-state index contributed by atoms with van der Waals surface area (Å²) >= 11 is 1.44. The Bertz CT molecular complexity index is 1280. The maximum Gasteiger partial charge on any atom is 0.264 e. The molecular weight excluding hydrogens is 430 g/mol. The SMILES string of the molecule is CN(c1ccccc1)S(=O)(=O)c1cccc(C(=O)Nc2sc3c(c2C#N)CCCC3)c1. The van der Waals surface area contributed by atoms with Crippen LogP contribution in [0, 0.1) is 11.3 Å². The van der Waals surface area contributed by atoms with E-state index in [2.05, 4.69) is 11.4 Å². The van der Waals surface area contributed by atoms with Gasteiger partial charge in [-0.15, -0.1) is 11.3 Å². The van der Waals surface area contributed by atoms with Gasteiger partial charge in [0, 0.05) is 17.5 Å². The molecule has 4 rings (SSSR count). The first kappa shape index (κ1) is 21.1. The van der Waals surface area contributed by atoms with E-state index >= 15 is 0 Å². The summed E-state index contributed by atoms with van der Waals surface area (Å²) in [5.74, 6) is -0.436. The van der Waals surface area contributed by atoms with Crippen LogP contribution in [0.2, 0.25) is 0 Å². The van der Waals surface area contributed by atoms with Crippen LogP contribution >= 0.6 is 11.3 Å². The highest BCUT2D eigenvalue weighted by Crippen LogP contribution is 2.37. The second-order valence-electron chi connectivity index (χ2n) is 7.32. The Balaban J connectivity index is 1.61. The summed E-state index contributed by atoms with van der Waals surface area (Å²) in [6.07, 6.45) is 3.90. The summed E-state index contributed by atoms with van der Waals surface area (Å²) in [4.78, 5) is 14.1. The predicted molar refractivity (Wildman–Crippen MR) is 122 cm³/mol. The zero-order chi connectivity index (χ0) is 22.0. The van der Waals surface area contributed by atoms with Crippen LogP contribution in [0.4, 0.5) is 10.7 Å². The van der Waals surface area contributed by atoms with Gasteiger partial charge in [-0.3, -0.25) is 9.10 Å². The Morgan fingerprint density at radius 1 is 1.10 bits per heavy atom. The fourth-order valence-corrected chi connectivity index (χ4v) is 6.16. The van der Waals surface area contributed by atoms with E-state index in [0.717, 1.165) is 36.1 Å². The first-order valence-corrected chi connectivity index (χ1v) is 12.2.